The van der Waals surface area contributed by atoms with Gasteiger partial charge in [0.1, 0.15) is 0 Å². The molecular weight excluding hydrogens is 266 g/mol. The lowest BCUT2D eigenvalue weighted by Gasteiger charge is -2.24. The highest BCUT2D eigenvalue weighted by atomic mass is 16.7. The second-order valence-electron chi connectivity index (χ2n) is 5.37. The standard InChI is InChI=1S/C17H25NO3/c1-5-17(6-2)20-15-10-9-13(11-16(15)21-17)14(19)12-18(7-3)8-4/h9-11H,5-8,12H2,1-4H3. The van der Waals surface area contributed by atoms with E-state index in [0.717, 1.165) is 31.7 Å². The Kier molecular flexibility index (Phi) is 4.88. The van der Waals surface area contributed by atoms with E-state index in [-0.39, 0.29) is 5.78 Å². The van der Waals surface area contributed by atoms with Gasteiger partial charge in [0, 0.05) is 18.4 Å². The second kappa shape index (κ2) is 6.48. The molecule has 1 aromatic rings. The van der Waals surface area contributed by atoms with Crippen molar-refractivity contribution in [3.63, 3.8) is 0 Å². The van der Waals surface area contributed by atoms with Crippen LogP contribution in [0.25, 0.3) is 0 Å². The average Bonchev–Trinajstić information content (AvgIpc) is 2.90. The van der Waals surface area contributed by atoms with Gasteiger partial charge in [-0.05, 0) is 31.3 Å². The van der Waals surface area contributed by atoms with E-state index in [1.807, 2.05) is 32.0 Å². The molecule has 0 aromatic heterocycles. The van der Waals surface area contributed by atoms with Gasteiger partial charge < -0.3 is 9.47 Å². The van der Waals surface area contributed by atoms with Gasteiger partial charge in [-0.25, -0.2) is 0 Å². The van der Waals surface area contributed by atoms with Crippen molar-refractivity contribution in [3.8, 4) is 11.5 Å². The molecular formula is C17H25NO3. The predicted octanol–water partition coefficient (Wildman–Crippen LogP) is 3.50. The number of nitrogens with zero attached hydrogens (tertiary/aromatic N) is 1. The van der Waals surface area contributed by atoms with E-state index in [1.54, 1.807) is 0 Å². The number of likely N-dealkylation sites (N-methyl/N-ethyl adjacent to an activating group) is 1. The summed E-state index contributed by atoms with van der Waals surface area (Å²) in [5.74, 6) is 0.973. The topological polar surface area (TPSA) is 38.8 Å². The van der Waals surface area contributed by atoms with Crippen molar-refractivity contribution in [2.24, 2.45) is 0 Å². The summed E-state index contributed by atoms with van der Waals surface area (Å²) < 4.78 is 11.9. The predicted molar refractivity (Wildman–Crippen MR) is 83.1 cm³/mol. The summed E-state index contributed by atoms with van der Waals surface area (Å²) in [6, 6.07) is 5.49. The molecule has 0 atom stereocenters. The maximum Gasteiger partial charge on any atom is 0.251 e. The maximum atomic E-state index is 12.3. The highest BCUT2D eigenvalue weighted by Gasteiger charge is 2.38. The number of ketones is 1. The third-order valence-electron chi connectivity index (χ3n) is 4.20. The van der Waals surface area contributed by atoms with Gasteiger partial charge in [0.15, 0.2) is 17.3 Å². The molecule has 4 nitrogen and oxygen atoms in total. The minimum absolute atomic E-state index is 0.121. The summed E-state index contributed by atoms with van der Waals surface area (Å²) in [4.78, 5) is 14.4. The van der Waals surface area contributed by atoms with Crippen molar-refractivity contribution in [1.82, 2.24) is 4.90 Å². The molecule has 0 bridgehead atoms. The SMILES string of the molecule is CCN(CC)CC(=O)c1ccc2c(c1)OC(CC)(CC)O2. The molecule has 1 aromatic carbocycles. The molecule has 0 unspecified atom stereocenters. The Balaban J connectivity index is 2.15. The number of carbonyl (C=O) groups is 1. The molecule has 2 rings (SSSR count). The Bertz CT molecular complexity index is 505. The third-order valence-corrected chi connectivity index (χ3v) is 4.20. The first-order valence-electron chi connectivity index (χ1n) is 7.85. The summed E-state index contributed by atoms with van der Waals surface area (Å²) in [6.07, 6.45) is 1.56. The number of hydrogen-bond acceptors (Lipinski definition) is 4. The molecule has 21 heavy (non-hydrogen) atoms. The van der Waals surface area contributed by atoms with E-state index in [4.69, 9.17) is 9.47 Å². The van der Waals surface area contributed by atoms with E-state index >= 15 is 0 Å². The molecule has 1 heterocycles. The van der Waals surface area contributed by atoms with Crippen LogP contribution in [0, 0.1) is 0 Å². The lowest BCUT2D eigenvalue weighted by molar-refractivity contribution is -0.0843. The molecule has 116 valence electrons. The summed E-state index contributed by atoms with van der Waals surface area (Å²) in [5, 5.41) is 0. The van der Waals surface area contributed by atoms with Crippen molar-refractivity contribution in [3.05, 3.63) is 23.8 Å². The number of hydrogen-bond donors (Lipinski definition) is 0. The molecule has 0 saturated heterocycles. The molecule has 0 fully saturated rings. The van der Waals surface area contributed by atoms with Crippen LogP contribution in [-0.4, -0.2) is 36.1 Å². The zero-order valence-electron chi connectivity index (χ0n) is 13.4. The summed E-state index contributed by atoms with van der Waals surface area (Å²) in [5.41, 5.74) is 0.687. The lowest BCUT2D eigenvalue weighted by Crippen LogP contribution is -2.36. The molecule has 0 spiro atoms. The van der Waals surface area contributed by atoms with E-state index in [1.165, 1.54) is 0 Å². The molecule has 0 aliphatic carbocycles. The van der Waals surface area contributed by atoms with Crippen molar-refractivity contribution in [2.45, 2.75) is 46.3 Å². The van der Waals surface area contributed by atoms with Crippen LogP contribution < -0.4 is 9.47 Å². The van der Waals surface area contributed by atoms with Crippen LogP contribution in [0.1, 0.15) is 50.9 Å². The van der Waals surface area contributed by atoms with Gasteiger partial charge >= 0.3 is 0 Å². The van der Waals surface area contributed by atoms with Crippen LogP contribution in [0.5, 0.6) is 11.5 Å². The Morgan fingerprint density at radius 1 is 1.05 bits per heavy atom. The fraction of sp³-hybridized carbons (Fsp3) is 0.588. The highest BCUT2D eigenvalue weighted by molar-refractivity contribution is 5.98. The average molecular weight is 291 g/mol. The van der Waals surface area contributed by atoms with Crippen LogP contribution in [0.4, 0.5) is 0 Å². The maximum absolute atomic E-state index is 12.3. The molecule has 1 aliphatic heterocycles. The van der Waals surface area contributed by atoms with Gasteiger partial charge in [-0.1, -0.05) is 27.7 Å². The molecule has 0 amide bonds. The quantitative estimate of drug-likeness (QED) is 0.721. The van der Waals surface area contributed by atoms with E-state index in [2.05, 4.69) is 18.7 Å². The first-order valence-corrected chi connectivity index (χ1v) is 7.85. The van der Waals surface area contributed by atoms with Crippen LogP contribution >= 0.6 is 0 Å². The number of fused-ring (bicyclic) bond motifs is 1. The van der Waals surface area contributed by atoms with E-state index in [9.17, 15) is 4.79 Å². The Morgan fingerprint density at radius 3 is 2.24 bits per heavy atom. The largest absolute Gasteiger partial charge is 0.448 e. The summed E-state index contributed by atoms with van der Waals surface area (Å²) >= 11 is 0. The highest BCUT2D eigenvalue weighted by Crippen LogP contribution is 2.42. The second-order valence-corrected chi connectivity index (χ2v) is 5.37. The van der Waals surface area contributed by atoms with Crippen LogP contribution in [0.15, 0.2) is 18.2 Å². The lowest BCUT2D eigenvalue weighted by atomic mass is 10.1. The number of ether oxygens (including phenoxy) is 2. The first kappa shape index (κ1) is 15.8. The smallest absolute Gasteiger partial charge is 0.251 e. The minimum atomic E-state index is -0.567. The molecule has 4 heteroatoms. The monoisotopic (exact) mass is 291 g/mol. The van der Waals surface area contributed by atoms with Crippen LogP contribution in [-0.2, 0) is 0 Å². The Labute approximate surface area is 127 Å². The van der Waals surface area contributed by atoms with Crippen molar-refractivity contribution in [1.29, 1.82) is 0 Å². The van der Waals surface area contributed by atoms with Gasteiger partial charge in [0.2, 0.25) is 0 Å². The number of carbonyl (C=O) groups excluding carboxylic acids is 1. The summed E-state index contributed by atoms with van der Waals surface area (Å²) in [6.45, 7) is 10.4. The van der Waals surface area contributed by atoms with Crippen molar-refractivity contribution < 1.29 is 14.3 Å². The zero-order chi connectivity index (χ0) is 15.5. The minimum Gasteiger partial charge on any atom is -0.448 e. The van der Waals surface area contributed by atoms with Gasteiger partial charge in [-0.2, -0.15) is 0 Å². The van der Waals surface area contributed by atoms with Gasteiger partial charge in [-0.3, -0.25) is 9.69 Å². The fourth-order valence-corrected chi connectivity index (χ4v) is 2.55. The van der Waals surface area contributed by atoms with Crippen LogP contribution in [0.2, 0.25) is 0 Å². The van der Waals surface area contributed by atoms with Crippen molar-refractivity contribution in [2.75, 3.05) is 19.6 Å². The number of Topliss-reactive ketones (excluding diaryl/α,β-unsaturated/α-hetero) is 1. The molecule has 0 N–H and O–H groups in total. The molecule has 0 saturated carbocycles. The van der Waals surface area contributed by atoms with E-state index < -0.39 is 5.79 Å². The zero-order valence-corrected chi connectivity index (χ0v) is 13.4. The fourth-order valence-electron chi connectivity index (χ4n) is 2.55. The first-order chi connectivity index (χ1) is 10.1. The molecule has 0 radical (unpaired) electrons. The molecule has 1 aliphatic rings. The van der Waals surface area contributed by atoms with Gasteiger partial charge in [-0.15, -0.1) is 0 Å². The summed E-state index contributed by atoms with van der Waals surface area (Å²) in [7, 11) is 0. The number of benzene rings is 1. The van der Waals surface area contributed by atoms with Crippen molar-refractivity contribution >= 4 is 5.78 Å². The number of rotatable bonds is 7. The van der Waals surface area contributed by atoms with Gasteiger partial charge in [0.25, 0.3) is 5.79 Å². The third kappa shape index (κ3) is 3.21. The van der Waals surface area contributed by atoms with E-state index in [0.29, 0.717) is 17.9 Å². The Hall–Kier alpha value is -1.55. The Morgan fingerprint density at radius 2 is 1.67 bits per heavy atom. The van der Waals surface area contributed by atoms with Gasteiger partial charge in [0.05, 0.1) is 6.54 Å². The van der Waals surface area contributed by atoms with Crippen LogP contribution in [0.3, 0.4) is 0 Å². The normalized spacial score (nSPS) is 15.5.